The van der Waals surface area contributed by atoms with Gasteiger partial charge in [-0.25, -0.2) is 0 Å². The summed E-state index contributed by atoms with van der Waals surface area (Å²) in [5.41, 5.74) is 2.94. The first-order valence-electron chi connectivity index (χ1n) is 11.4. The Morgan fingerprint density at radius 1 is 1.17 bits per heavy atom. The third-order valence-corrected chi connectivity index (χ3v) is 6.80. The smallest absolute Gasteiger partial charge is 0.191 e. The second-order valence-corrected chi connectivity index (χ2v) is 8.94. The van der Waals surface area contributed by atoms with Crippen molar-refractivity contribution in [2.24, 2.45) is 10.9 Å². The summed E-state index contributed by atoms with van der Waals surface area (Å²) in [4.78, 5) is 7.07. The van der Waals surface area contributed by atoms with E-state index in [9.17, 15) is 0 Å². The number of guanidine groups is 1. The molecule has 1 aromatic carbocycles. The summed E-state index contributed by atoms with van der Waals surface area (Å²) < 4.78 is 5.68. The summed E-state index contributed by atoms with van der Waals surface area (Å²) in [6.45, 7) is 11.8. The SMILES string of the molecule is CN=C(NCCCN1CCC(C)CC1)NCC1(c2ccccc2C)CCOCC1. The number of hydrogen-bond acceptors (Lipinski definition) is 3. The summed E-state index contributed by atoms with van der Waals surface area (Å²) in [5, 5.41) is 7.14. The monoisotopic (exact) mass is 400 g/mol. The molecule has 0 bridgehead atoms. The first-order chi connectivity index (χ1) is 14.1. The topological polar surface area (TPSA) is 48.9 Å². The fraction of sp³-hybridized carbons (Fsp3) is 0.708. The second kappa shape index (κ2) is 11.0. The molecule has 2 saturated heterocycles. The van der Waals surface area contributed by atoms with Crippen molar-refractivity contribution < 1.29 is 4.74 Å². The van der Waals surface area contributed by atoms with Crippen molar-refractivity contribution >= 4 is 5.96 Å². The third kappa shape index (κ3) is 6.19. The van der Waals surface area contributed by atoms with Crippen LogP contribution >= 0.6 is 0 Å². The number of aryl methyl sites for hydroxylation is 1. The van der Waals surface area contributed by atoms with Crippen LogP contribution in [-0.2, 0) is 10.2 Å². The Hall–Kier alpha value is -1.59. The van der Waals surface area contributed by atoms with Crippen LogP contribution in [0.2, 0.25) is 0 Å². The number of ether oxygens (including phenoxy) is 1. The quantitative estimate of drug-likeness (QED) is 0.419. The highest BCUT2D eigenvalue weighted by Gasteiger charge is 2.35. The summed E-state index contributed by atoms with van der Waals surface area (Å²) in [7, 11) is 1.87. The van der Waals surface area contributed by atoms with E-state index < -0.39 is 0 Å². The van der Waals surface area contributed by atoms with Gasteiger partial charge in [0, 0.05) is 38.8 Å². The first-order valence-corrected chi connectivity index (χ1v) is 11.4. The van der Waals surface area contributed by atoms with Gasteiger partial charge in [0.2, 0.25) is 0 Å². The zero-order chi connectivity index (χ0) is 20.5. The summed E-state index contributed by atoms with van der Waals surface area (Å²) in [5.74, 6) is 1.81. The lowest BCUT2D eigenvalue weighted by Crippen LogP contribution is -2.48. The zero-order valence-electron chi connectivity index (χ0n) is 18.7. The highest BCUT2D eigenvalue weighted by Crippen LogP contribution is 2.36. The molecule has 0 radical (unpaired) electrons. The lowest BCUT2D eigenvalue weighted by Gasteiger charge is -2.39. The van der Waals surface area contributed by atoms with Crippen molar-refractivity contribution in [3.63, 3.8) is 0 Å². The van der Waals surface area contributed by atoms with E-state index in [2.05, 4.69) is 58.6 Å². The third-order valence-electron chi connectivity index (χ3n) is 6.80. The lowest BCUT2D eigenvalue weighted by molar-refractivity contribution is 0.0512. The summed E-state index contributed by atoms with van der Waals surface area (Å²) in [6, 6.07) is 8.80. The van der Waals surface area contributed by atoms with Gasteiger partial charge in [-0.15, -0.1) is 0 Å². The molecule has 3 rings (SSSR count). The number of piperidine rings is 1. The molecule has 29 heavy (non-hydrogen) atoms. The number of benzene rings is 1. The molecular weight excluding hydrogens is 360 g/mol. The number of nitrogens with one attached hydrogen (secondary N) is 2. The van der Waals surface area contributed by atoms with Crippen LogP contribution in [0.5, 0.6) is 0 Å². The Labute approximate surface area is 177 Å². The van der Waals surface area contributed by atoms with E-state index in [1.54, 1.807) is 0 Å². The molecule has 5 heteroatoms. The largest absolute Gasteiger partial charge is 0.381 e. The van der Waals surface area contributed by atoms with E-state index in [1.807, 2.05) is 7.05 Å². The van der Waals surface area contributed by atoms with Gasteiger partial charge in [0.1, 0.15) is 0 Å². The van der Waals surface area contributed by atoms with Crippen LogP contribution in [0.1, 0.15) is 50.2 Å². The molecule has 1 aromatic rings. The van der Waals surface area contributed by atoms with Gasteiger partial charge in [0.05, 0.1) is 0 Å². The Balaban J connectivity index is 1.48. The van der Waals surface area contributed by atoms with Crippen molar-refractivity contribution in [3.05, 3.63) is 35.4 Å². The molecule has 0 unspecified atom stereocenters. The Kier molecular flexibility index (Phi) is 8.37. The van der Waals surface area contributed by atoms with Gasteiger partial charge in [-0.1, -0.05) is 31.2 Å². The van der Waals surface area contributed by atoms with Crippen molar-refractivity contribution in [1.82, 2.24) is 15.5 Å². The standard InChI is InChI=1S/C24H40N4O/c1-20-9-15-28(16-10-20)14-6-13-26-23(25-3)27-19-24(11-17-29-18-12-24)22-8-5-4-7-21(22)2/h4-5,7-8,20H,6,9-19H2,1-3H3,(H2,25,26,27). The normalized spacial score (nSPS) is 21.1. The minimum Gasteiger partial charge on any atom is -0.381 e. The molecule has 2 aliphatic heterocycles. The van der Waals surface area contributed by atoms with E-state index >= 15 is 0 Å². The molecule has 0 spiro atoms. The highest BCUT2D eigenvalue weighted by molar-refractivity contribution is 5.79. The van der Waals surface area contributed by atoms with E-state index in [-0.39, 0.29) is 5.41 Å². The van der Waals surface area contributed by atoms with Gasteiger partial charge in [-0.05, 0) is 75.7 Å². The predicted molar refractivity (Wildman–Crippen MR) is 122 cm³/mol. The van der Waals surface area contributed by atoms with E-state index in [1.165, 1.54) is 43.6 Å². The van der Waals surface area contributed by atoms with Crippen molar-refractivity contribution in [3.8, 4) is 0 Å². The van der Waals surface area contributed by atoms with E-state index in [0.29, 0.717) is 0 Å². The zero-order valence-corrected chi connectivity index (χ0v) is 18.7. The number of aliphatic imine (C=N–C) groups is 1. The van der Waals surface area contributed by atoms with Gasteiger partial charge >= 0.3 is 0 Å². The fourth-order valence-electron chi connectivity index (χ4n) is 4.74. The molecule has 0 aliphatic carbocycles. The minimum absolute atomic E-state index is 0.117. The van der Waals surface area contributed by atoms with Crippen LogP contribution in [0.15, 0.2) is 29.3 Å². The summed E-state index contributed by atoms with van der Waals surface area (Å²) >= 11 is 0. The molecule has 0 aromatic heterocycles. The molecule has 2 N–H and O–H groups in total. The predicted octanol–water partition coefficient (Wildman–Crippen LogP) is 3.33. The van der Waals surface area contributed by atoms with Gasteiger partial charge in [-0.2, -0.15) is 0 Å². The van der Waals surface area contributed by atoms with Crippen molar-refractivity contribution in [1.29, 1.82) is 0 Å². The van der Waals surface area contributed by atoms with Crippen molar-refractivity contribution in [2.45, 2.75) is 51.4 Å². The molecule has 162 valence electrons. The Morgan fingerprint density at radius 2 is 1.90 bits per heavy atom. The number of likely N-dealkylation sites (tertiary alicyclic amines) is 1. The number of nitrogens with zero attached hydrogens (tertiary/aromatic N) is 2. The maximum Gasteiger partial charge on any atom is 0.191 e. The highest BCUT2D eigenvalue weighted by atomic mass is 16.5. The van der Waals surface area contributed by atoms with Crippen LogP contribution in [0.4, 0.5) is 0 Å². The van der Waals surface area contributed by atoms with Crippen LogP contribution in [0.25, 0.3) is 0 Å². The van der Waals surface area contributed by atoms with Gasteiger partial charge in [-0.3, -0.25) is 4.99 Å². The molecule has 2 aliphatic rings. The molecule has 0 amide bonds. The van der Waals surface area contributed by atoms with Gasteiger partial charge < -0.3 is 20.3 Å². The second-order valence-electron chi connectivity index (χ2n) is 8.94. The number of hydrogen-bond donors (Lipinski definition) is 2. The molecule has 0 atom stereocenters. The van der Waals surface area contributed by atoms with Crippen LogP contribution in [0, 0.1) is 12.8 Å². The Morgan fingerprint density at radius 3 is 2.59 bits per heavy atom. The van der Waals surface area contributed by atoms with Crippen LogP contribution < -0.4 is 10.6 Å². The Bertz CT molecular complexity index is 646. The van der Waals surface area contributed by atoms with E-state index in [0.717, 1.165) is 57.4 Å². The van der Waals surface area contributed by atoms with Gasteiger partial charge in [0.15, 0.2) is 5.96 Å². The molecular formula is C24H40N4O. The van der Waals surface area contributed by atoms with Crippen molar-refractivity contribution in [2.75, 3.05) is 53.0 Å². The average Bonchev–Trinajstić information content (AvgIpc) is 2.75. The maximum absolute atomic E-state index is 5.68. The molecule has 0 saturated carbocycles. The van der Waals surface area contributed by atoms with Crippen LogP contribution in [0.3, 0.4) is 0 Å². The fourth-order valence-corrected chi connectivity index (χ4v) is 4.74. The lowest BCUT2D eigenvalue weighted by atomic mass is 9.72. The van der Waals surface area contributed by atoms with E-state index in [4.69, 9.17) is 4.74 Å². The number of rotatable bonds is 7. The van der Waals surface area contributed by atoms with Crippen LogP contribution in [-0.4, -0.2) is 63.8 Å². The minimum atomic E-state index is 0.117. The molecule has 2 heterocycles. The molecule has 2 fully saturated rings. The maximum atomic E-state index is 5.68. The first kappa shape index (κ1) is 22.1. The average molecular weight is 401 g/mol. The van der Waals surface area contributed by atoms with Gasteiger partial charge in [0.25, 0.3) is 0 Å². The summed E-state index contributed by atoms with van der Waals surface area (Å²) in [6.07, 6.45) is 5.96. The molecule has 5 nitrogen and oxygen atoms in total.